The predicted molar refractivity (Wildman–Crippen MR) is 55.1 cm³/mol. The summed E-state index contributed by atoms with van der Waals surface area (Å²) >= 11 is 1.39. The highest BCUT2D eigenvalue weighted by molar-refractivity contribution is 7.09. The summed E-state index contributed by atoms with van der Waals surface area (Å²) in [5.74, 6) is 0. The molecule has 0 atom stereocenters. The fourth-order valence-corrected chi connectivity index (χ4v) is 2.07. The molecule has 3 heteroatoms. The van der Waals surface area contributed by atoms with Gasteiger partial charge in [-0.1, -0.05) is 41.9 Å². The number of hydrogen-bond donors (Lipinski definition) is 1. The molecule has 0 aliphatic carbocycles. The summed E-state index contributed by atoms with van der Waals surface area (Å²) in [5.41, 5.74) is 1.92. The van der Waals surface area contributed by atoms with Gasteiger partial charge in [0.1, 0.15) is 0 Å². The van der Waals surface area contributed by atoms with Crippen molar-refractivity contribution < 1.29 is 0 Å². The van der Waals surface area contributed by atoms with E-state index in [2.05, 4.69) is 4.37 Å². The van der Waals surface area contributed by atoms with Gasteiger partial charge in [-0.3, -0.25) is 9.17 Å². The molecule has 2 nitrogen and oxygen atoms in total. The van der Waals surface area contributed by atoms with Gasteiger partial charge >= 0.3 is 0 Å². The van der Waals surface area contributed by atoms with Crippen LogP contribution in [-0.2, 0) is 0 Å². The smallest absolute Gasteiger partial charge is 0.261 e. The van der Waals surface area contributed by atoms with Gasteiger partial charge < -0.3 is 0 Å². The highest BCUT2D eigenvalue weighted by Gasteiger charge is 2.06. The van der Waals surface area contributed by atoms with Gasteiger partial charge in [0.2, 0.25) is 0 Å². The SMILES string of the molecule is Cc1c(-c2ccccc2)s[nH]c1=O. The van der Waals surface area contributed by atoms with Gasteiger partial charge in [0.15, 0.2) is 0 Å². The lowest BCUT2D eigenvalue weighted by Gasteiger charge is -1.95. The lowest BCUT2D eigenvalue weighted by Crippen LogP contribution is -2.00. The molecule has 1 N–H and O–H groups in total. The average Bonchev–Trinajstić information content (AvgIpc) is 2.49. The topological polar surface area (TPSA) is 32.9 Å². The number of H-pyrrole nitrogens is 1. The van der Waals surface area contributed by atoms with E-state index in [-0.39, 0.29) is 5.56 Å². The van der Waals surface area contributed by atoms with Gasteiger partial charge in [0.25, 0.3) is 5.56 Å². The van der Waals surface area contributed by atoms with Crippen LogP contribution in [0.3, 0.4) is 0 Å². The third-order valence-electron chi connectivity index (χ3n) is 1.96. The van der Waals surface area contributed by atoms with Gasteiger partial charge in [-0.05, 0) is 12.5 Å². The summed E-state index contributed by atoms with van der Waals surface area (Å²) in [6.07, 6.45) is 0. The quantitative estimate of drug-likeness (QED) is 0.737. The summed E-state index contributed by atoms with van der Waals surface area (Å²) in [5, 5.41) is 0. The Morgan fingerprint density at radius 1 is 1.23 bits per heavy atom. The summed E-state index contributed by atoms with van der Waals surface area (Å²) in [7, 11) is 0. The Labute approximate surface area is 80.0 Å². The first-order valence-corrected chi connectivity index (χ1v) is 4.84. The van der Waals surface area contributed by atoms with Gasteiger partial charge in [0.05, 0.1) is 4.88 Å². The van der Waals surface area contributed by atoms with Crippen molar-refractivity contribution in [1.82, 2.24) is 4.37 Å². The lowest BCUT2D eigenvalue weighted by molar-refractivity contribution is 1.33. The van der Waals surface area contributed by atoms with Crippen LogP contribution in [-0.4, -0.2) is 4.37 Å². The Morgan fingerprint density at radius 2 is 1.92 bits per heavy atom. The maximum Gasteiger partial charge on any atom is 0.261 e. The van der Waals surface area contributed by atoms with Crippen LogP contribution >= 0.6 is 11.5 Å². The number of aromatic nitrogens is 1. The highest BCUT2D eigenvalue weighted by Crippen LogP contribution is 2.23. The summed E-state index contributed by atoms with van der Waals surface area (Å²) in [6.45, 7) is 1.84. The second kappa shape index (κ2) is 3.18. The largest absolute Gasteiger partial charge is 0.277 e. The molecule has 0 aliphatic rings. The molecular formula is C10H9NOS. The molecule has 1 heterocycles. The number of rotatable bonds is 1. The number of benzene rings is 1. The van der Waals surface area contributed by atoms with Crippen LogP contribution in [0, 0.1) is 6.92 Å². The molecule has 0 radical (unpaired) electrons. The van der Waals surface area contributed by atoms with Crippen molar-refractivity contribution in [2.45, 2.75) is 6.92 Å². The third-order valence-corrected chi connectivity index (χ3v) is 3.00. The Morgan fingerprint density at radius 3 is 2.46 bits per heavy atom. The summed E-state index contributed by atoms with van der Waals surface area (Å²) < 4.78 is 2.72. The zero-order valence-electron chi connectivity index (χ0n) is 7.20. The van der Waals surface area contributed by atoms with E-state index in [1.54, 1.807) is 0 Å². The molecule has 0 aliphatic heterocycles. The molecule has 0 bridgehead atoms. The van der Waals surface area contributed by atoms with Crippen LogP contribution in [0.1, 0.15) is 5.56 Å². The molecule has 0 spiro atoms. The first-order valence-electron chi connectivity index (χ1n) is 4.02. The second-order valence-electron chi connectivity index (χ2n) is 2.85. The van der Waals surface area contributed by atoms with Gasteiger partial charge in [-0.15, -0.1) is 0 Å². The maximum absolute atomic E-state index is 11.2. The minimum atomic E-state index is 0.0175. The number of nitrogens with one attached hydrogen (secondary N) is 1. The van der Waals surface area contributed by atoms with Gasteiger partial charge in [-0.2, -0.15) is 0 Å². The molecule has 2 aromatic rings. The van der Waals surface area contributed by atoms with Crippen molar-refractivity contribution in [3.8, 4) is 10.4 Å². The van der Waals surface area contributed by atoms with Crippen LogP contribution in [0.5, 0.6) is 0 Å². The molecule has 66 valence electrons. The van der Waals surface area contributed by atoms with Gasteiger partial charge in [0, 0.05) is 5.56 Å². The first kappa shape index (κ1) is 8.26. The molecule has 0 unspecified atom stereocenters. The Kier molecular flexibility index (Phi) is 2.02. The van der Waals surface area contributed by atoms with E-state index >= 15 is 0 Å². The molecule has 0 saturated carbocycles. The van der Waals surface area contributed by atoms with Crippen molar-refractivity contribution in [1.29, 1.82) is 0 Å². The average molecular weight is 191 g/mol. The standard InChI is InChI=1S/C10H9NOS/c1-7-9(13-11-10(7)12)8-5-3-2-4-6-8/h2-6H,1H3,(H,11,12). The van der Waals surface area contributed by atoms with Crippen LogP contribution in [0.25, 0.3) is 10.4 Å². The molecular weight excluding hydrogens is 182 g/mol. The van der Waals surface area contributed by atoms with Crippen molar-refractivity contribution in [3.05, 3.63) is 46.2 Å². The van der Waals surface area contributed by atoms with E-state index in [4.69, 9.17) is 0 Å². The summed E-state index contributed by atoms with van der Waals surface area (Å²) in [4.78, 5) is 12.2. The lowest BCUT2D eigenvalue weighted by atomic mass is 10.1. The molecule has 1 aromatic heterocycles. The fraction of sp³-hybridized carbons (Fsp3) is 0.100. The van der Waals surface area contributed by atoms with Crippen LogP contribution in [0.4, 0.5) is 0 Å². The first-order chi connectivity index (χ1) is 6.29. The molecule has 13 heavy (non-hydrogen) atoms. The van der Waals surface area contributed by atoms with Crippen LogP contribution in [0.2, 0.25) is 0 Å². The van der Waals surface area contributed by atoms with E-state index < -0.39 is 0 Å². The van der Waals surface area contributed by atoms with Crippen molar-refractivity contribution >= 4 is 11.5 Å². The molecule has 2 rings (SSSR count). The van der Waals surface area contributed by atoms with Crippen LogP contribution in [0.15, 0.2) is 35.1 Å². The van der Waals surface area contributed by atoms with Crippen LogP contribution < -0.4 is 5.56 Å². The molecule has 0 saturated heterocycles. The van der Waals surface area contributed by atoms with E-state index in [0.29, 0.717) is 0 Å². The minimum Gasteiger partial charge on any atom is -0.277 e. The Hall–Kier alpha value is -1.35. The predicted octanol–water partition coefficient (Wildman–Crippen LogP) is 2.41. The second-order valence-corrected chi connectivity index (χ2v) is 3.67. The minimum absolute atomic E-state index is 0.0175. The Balaban J connectivity index is 2.60. The number of hydrogen-bond acceptors (Lipinski definition) is 2. The van der Waals surface area contributed by atoms with E-state index in [9.17, 15) is 4.79 Å². The monoisotopic (exact) mass is 191 g/mol. The zero-order chi connectivity index (χ0) is 9.26. The Bertz CT molecular complexity index is 455. The normalized spacial score (nSPS) is 10.2. The fourth-order valence-electron chi connectivity index (χ4n) is 1.22. The van der Waals surface area contributed by atoms with Gasteiger partial charge in [-0.25, -0.2) is 0 Å². The molecule has 1 aromatic carbocycles. The highest BCUT2D eigenvalue weighted by atomic mass is 32.1. The van der Waals surface area contributed by atoms with Crippen molar-refractivity contribution in [3.63, 3.8) is 0 Å². The summed E-state index contributed by atoms with van der Waals surface area (Å²) in [6, 6.07) is 9.92. The van der Waals surface area contributed by atoms with Crippen molar-refractivity contribution in [2.24, 2.45) is 0 Å². The molecule has 0 fully saturated rings. The maximum atomic E-state index is 11.2. The van der Waals surface area contributed by atoms with E-state index in [1.165, 1.54) is 11.5 Å². The zero-order valence-corrected chi connectivity index (χ0v) is 8.02. The van der Waals surface area contributed by atoms with E-state index in [1.807, 2.05) is 37.3 Å². The molecule has 0 amide bonds. The number of aromatic amines is 1. The third kappa shape index (κ3) is 1.42. The van der Waals surface area contributed by atoms with Crippen molar-refractivity contribution in [2.75, 3.05) is 0 Å². The van der Waals surface area contributed by atoms with E-state index in [0.717, 1.165) is 16.0 Å².